The molecule has 0 bridgehead atoms. The molecule has 0 aliphatic carbocycles. The fourth-order valence-electron chi connectivity index (χ4n) is 2.48. The highest BCUT2D eigenvalue weighted by molar-refractivity contribution is 6.42. The van der Waals surface area contributed by atoms with Crippen molar-refractivity contribution in [2.45, 2.75) is 32.6 Å². The van der Waals surface area contributed by atoms with Crippen molar-refractivity contribution < 1.29 is 4.74 Å². The van der Waals surface area contributed by atoms with Crippen LogP contribution in [0.3, 0.4) is 0 Å². The zero-order chi connectivity index (χ0) is 15.0. The van der Waals surface area contributed by atoms with Gasteiger partial charge in [0, 0.05) is 20.2 Å². The Morgan fingerprint density at radius 2 is 2.00 bits per heavy atom. The van der Waals surface area contributed by atoms with Gasteiger partial charge in [-0.2, -0.15) is 0 Å². The second-order valence-corrected chi connectivity index (χ2v) is 6.06. The van der Waals surface area contributed by atoms with E-state index in [4.69, 9.17) is 27.9 Å². The third kappa shape index (κ3) is 5.61. The van der Waals surface area contributed by atoms with Crippen LogP contribution in [-0.2, 0) is 4.74 Å². The molecule has 1 aromatic rings. The van der Waals surface area contributed by atoms with Crippen molar-refractivity contribution in [3.8, 4) is 0 Å². The van der Waals surface area contributed by atoms with Crippen molar-refractivity contribution in [2.75, 3.05) is 26.8 Å². The topological polar surface area (TPSA) is 21.3 Å². The van der Waals surface area contributed by atoms with Crippen LogP contribution in [-0.4, -0.2) is 26.8 Å². The molecule has 114 valence electrons. The molecular formula is C16H25Cl2NO. The maximum absolute atomic E-state index is 6.15. The molecule has 0 aliphatic heterocycles. The van der Waals surface area contributed by atoms with Gasteiger partial charge in [-0.05, 0) is 29.5 Å². The van der Waals surface area contributed by atoms with E-state index in [-0.39, 0.29) is 0 Å². The fraction of sp³-hybridized carbons (Fsp3) is 0.625. The molecular weight excluding hydrogens is 293 g/mol. The lowest BCUT2D eigenvalue weighted by atomic mass is 9.84. The van der Waals surface area contributed by atoms with Crippen molar-refractivity contribution >= 4 is 23.2 Å². The zero-order valence-electron chi connectivity index (χ0n) is 12.6. The minimum absolute atomic E-state index is 0.446. The summed E-state index contributed by atoms with van der Waals surface area (Å²) in [6.45, 7) is 7.06. The summed E-state index contributed by atoms with van der Waals surface area (Å²) < 4.78 is 5.07. The predicted octanol–water partition coefficient (Wildman–Crippen LogP) is 4.75. The van der Waals surface area contributed by atoms with Crippen molar-refractivity contribution in [3.05, 3.63) is 33.8 Å². The Labute approximate surface area is 132 Å². The molecule has 0 amide bonds. The van der Waals surface area contributed by atoms with Crippen molar-refractivity contribution in [2.24, 2.45) is 5.92 Å². The summed E-state index contributed by atoms with van der Waals surface area (Å²) in [4.78, 5) is 0. The van der Waals surface area contributed by atoms with Crippen LogP contribution in [0.15, 0.2) is 18.2 Å². The average Bonchev–Trinajstić information content (AvgIpc) is 2.42. The maximum Gasteiger partial charge on any atom is 0.0595 e. The first kappa shape index (κ1) is 17.8. The van der Waals surface area contributed by atoms with E-state index < -0.39 is 0 Å². The van der Waals surface area contributed by atoms with Crippen molar-refractivity contribution in [3.63, 3.8) is 0 Å². The first-order valence-electron chi connectivity index (χ1n) is 7.24. The van der Waals surface area contributed by atoms with E-state index in [0.717, 1.165) is 19.7 Å². The number of ether oxygens (including phenoxy) is 1. The SMILES string of the molecule is CCCC(C)C(CNCCOC)c1ccc(Cl)c(Cl)c1. The van der Waals surface area contributed by atoms with Gasteiger partial charge in [-0.1, -0.05) is 56.0 Å². The van der Waals surface area contributed by atoms with E-state index in [1.165, 1.54) is 18.4 Å². The van der Waals surface area contributed by atoms with Gasteiger partial charge < -0.3 is 10.1 Å². The monoisotopic (exact) mass is 317 g/mol. The zero-order valence-corrected chi connectivity index (χ0v) is 14.1. The largest absolute Gasteiger partial charge is 0.383 e. The molecule has 1 N–H and O–H groups in total. The van der Waals surface area contributed by atoms with Gasteiger partial charge in [-0.15, -0.1) is 0 Å². The van der Waals surface area contributed by atoms with Gasteiger partial charge in [0.2, 0.25) is 0 Å². The van der Waals surface area contributed by atoms with Crippen LogP contribution in [0.1, 0.15) is 38.2 Å². The Kier molecular flexibility index (Phi) is 8.55. The van der Waals surface area contributed by atoms with Crippen molar-refractivity contribution in [1.29, 1.82) is 0 Å². The van der Waals surface area contributed by atoms with Gasteiger partial charge in [0.15, 0.2) is 0 Å². The van der Waals surface area contributed by atoms with E-state index in [0.29, 0.717) is 21.9 Å². The summed E-state index contributed by atoms with van der Waals surface area (Å²) in [6, 6.07) is 5.97. The Bertz CT molecular complexity index is 398. The van der Waals surface area contributed by atoms with Crippen molar-refractivity contribution in [1.82, 2.24) is 5.32 Å². The number of methoxy groups -OCH3 is 1. The van der Waals surface area contributed by atoms with Gasteiger partial charge in [0.05, 0.1) is 16.7 Å². The van der Waals surface area contributed by atoms with Gasteiger partial charge in [-0.25, -0.2) is 0 Å². The van der Waals surface area contributed by atoms with E-state index in [1.54, 1.807) is 7.11 Å². The molecule has 2 unspecified atom stereocenters. The minimum atomic E-state index is 0.446. The number of rotatable bonds is 9. The first-order chi connectivity index (χ1) is 9.60. The number of nitrogens with one attached hydrogen (secondary N) is 1. The Morgan fingerprint density at radius 1 is 1.25 bits per heavy atom. The number of benzene rings is 1. The summed E-state index contributed by atoms with van der Waals surface area (Å²) in [5.41, 5.74) is 1.25. The molecule has 4 heteroatoms. The molecule has 1 aromatic carbocycles. The molecule has 1 rings (SSSR count). The van der Waals surface area contributed by atoms with E-state index >= 15 is 0 Å². The third-order valence-electron chi connectivity index (χ3n) is 3.65. The second kappa shape index (κ2) is 9.62. The standard InChI is InChI=1S/C16H25Cl2NO/c1-4-5-12(2)14(11-19-8-9-20-3)13-6-7-15(17)16(18)10-13/h6-7,10,12,14,19H,4-5,8-9,11H2,1-3H3. The van der Waals surface area contributed by atoms with Gasteiger partial charge in [-0.3, -0.25) is 0 Å². The second-order valence-electron chi connectivity index (χ2n) is 5.24. The highest BCUT2D eigenvalue weighted by atomic mass is 35.5. The Hall–Kier alpha value is -0.280. The van der Waals surface area contributed by atoms with Crippen LogP contribution < -0.4 is 5.32 Å². The quantitative estimate of drug-likeness (QED) is 0.664. The summed E-state index contributed by atoms with van der Waals surface area (Å²) in [5.74, 6) is 1.05. The predicted molar refractivity (Wildman–Crippen MR) is 88.0 cm³/mol. The highest BCUT2D eigenvalue weighted by Crippen LogP contribution is 2.31. The molecule has 20 heavy (non-hydrogen) atoms. The van der Waals surface area contributed by atoms with Crippen LogP contribution in [0.5, 0.6) is 0 Å². The number of hydrogen-bond donors (Lipinski definition) is 1. The lowest BCUT2D eigenvalue weighted by Crippen LogP contribution is -2.28. The molecule has 0 aromatic heterocycles. The normalized spacial score (nSPS) is 14.2. The smallest absolute Gasteiger partial charge is 0.0595 e. The van der Waals surface area contributed by atoms with E-state index in [9.17, 15) is 0 Å². The minimum Gasteiger partial charge on any atom is -0.383 e. The number of halogens is 2. The van der Waals surface area contributed by atoms with Crippen LogP contribution >= 0.6 is 23.2 Å². The van der Waals surface area contributed by atoms with Gasteiger partial charge >= 0.3 is 0 Å². The lowest BCUT2D eigenvalue weighted by Gasteiger charge is -2.25. The fourth-order valence-corrected chi connectivity index (χ4v) is 2.79. The van der Waals surface area contributed by atoms with Crippen LogP contribution in [0.2, 0.25) is 10.0 Å². The maximum atomic E-state index is 6.15. The highest BCUT2D eigenvalue weighted by Gasteiger charge is 2.19. The molecule has 0 radical (unpaired) electrons. The number of hydrogen-bond acceptors (Lipinski definition) is 2. The summed E-state index contributed by atoms with van der Waals surface area (Å²) >= 11 is 12.2. The Morgan fingerprint density at radius 3 is 2.60 bits per heavy atom. The summed E-state index contributed by atoms with van der Waals surface area (Å²) in [6.07, 6.45) is 2.40. The van der Waals surface area contributed by atoms with Gasteiger partial charge in [0.25, 0.3) is 0 Å². The van der Waals surface area contributed by atoms with Crippen LogP contribution in [0.25, 0.3) is 0 Å². The third-order valence-corrected chi connectivity index (χ3v) is 4.39. The lowest BCUT2D eigenvalue weighted by molar-refractivity contribution is 0.198. The average molecular weight is 318 g/mol. The summed E-state index contributed by atoms with van der Waals surface area (Å²) in [7, 11) is 1.72. The van der Waals surface area contributed by atoms with Crippen LogP contribution in [0.4, 0.5) is 0 Å². The molecule has 0 heterocycles. The molecule has 0 fully saturated rings. The van der Waals surface area contributed by atoms with Gasteiger partial charge in [0.1, 0.15) is 0 Å². The molecule has 0 saturated carbocycles. The molecule has 2 nitrogen and oxygen atoms in total. The van der Waals surface area contributed by atoms with E-state index in [1.807, 2.05) is 12.1 Å². The summed E-state index contributed by atoms with van der Waals surface area (Å²) in [5, 5.41) is 4.71. The molecule has 0 aliphatic rings. The van der Waals surface area contributed by atoms with Crippen LogP contribution in [0, 0.1) is 5.92 Å². The Balaban J connectivity index is 2.77. The molecule has 0 saturated heterocycles. The van der Waals surface area contributed by atoms with E-state index in [2.05, 4.69) is 25.2 Å². The molecule has 2 atom stereocenters. The first-order valence-corrected chi connectivity index (χ1v) is 8.00. The molecule has 0 spiro atoms.